The maximum absolute atomic E-state index is 13.0. The number of amides is 1. The molecule has 1 fully saturated rings. The van der Waals surface area contributed by atoms with Crippen LogP contribution in [-0.2, 0) is 0 Å². The molecule has 1 aliphatic heterocycles. The van der Waals surface area contributed by atoms with Gasteiger partial charge >= 0.3 is 0 Å². The van der Waals surface area contributed by atoms with E-state index in [1.165, 1.54) is 6.20 Å². The molecule has 0 bridgehead atoms. The molecule has 0 atom stereocenters. The van der Waals surface area contributed by atoms with Crippen LogP contribution >= 0.6 is 0 Å². The van der Waals surface area contributed by atoms with E-state index in [4.69, 9.17) is 9.72 Å². The number of hydrogen-bond donors (Lipinski definition) is 1. The van der Waals surface area contributed by atoms with Crippen LogP contribution in [0.1, 0.15) is 16.8 Å². The predicted molar refractivity (Wildman–Crippen MR) is 125 cm³/mol. The van der Waals surface area contributed by atoms with Crippen molar-refractivity contribution in [2.24, 2.45) is 0 Å². The summed E-state index contributed by atoms with van der Waals surface area (Å²) in [6.07, 6.45) is 2.30. The summed E-state index contributed by atoms with van der Waals surface area (Å²) < 4.78 is 6.85. The molecule has 168 valence electrons. The van der Waals surface area contributed by atoms with Crippen LogP contribution in [0.3, 0.4) is 0 Å². The molecule has 1 aliphatic rings. The third-order valence-electron chi connectivity index (χ3n) is 5.85. The first-order chi connectivity index (χ1) is 16.1. The van der Waals surface area contributed by atoms with E-state index in [2.05, 4.69) is 10.1 Å². The highest BCUT2D eigenvalue weighted by Gasteiger charge is 2.22. The van der Waals surface area contributed by atoms with E-state index < -0.39 is 0 Å². The van der Waals surface area contributed by atoms with Crippen LogP contribution in [0, 0.1) is 0 Å². The number of fused-ring (bicyclic) bond motifs is 1. The minimum absolute atomic E-state index is 0.0152. The van der Waals surface area contributed by atoms with Gasteiger partial charge in [-0.1, -0.05) is 18.2 Å². The number of methoxy groups -OCH3 is 1. The normalized spacial score (nSPS) is 14.3. The Labute approximate surface area is 190 Å². The predicted octanol–water partition coefficient (Wildman–Crippen LogP) is 2.47. The van der Waals surface area contributed by atoms with Gasteiger partial charge in [0.2, 0.25) is 5.95 Å². The number of anilines is 1. The Kier molecular flexibility index (Phi) is 5.52. The summed E-state index contributed by atoms with van der Waals surface area (Å²) in [5, 5.41) is 4.80. The van der Waals surface area contributed by atoms with Gasteiger partial charge in [0.25, 0.3) is 11.5 Å². The SMILES string of the molecule is COc1ccc(C(=O)N2CCCN(c3nc4c(cnn4-c4ccccc4)c(=O)[nH]3)CC2)cc1. The van der Waals surface area contributed by atoms with Crippen LogP contribution in [0.4, 0.5) is 5.95 Å². The van der Waals surface area contributed by atoms with E-state index >= 15 is 0 Å². The smallest absolute Gasteiger partial charge is 0.263 e. The summed E-state index contributed by atoms with van der Waals surface area (Å²) in [4.78, 5) is 37.2. The molecule has 5 rings (SSSR count). The Morgan fingerprint density at radius 3 is 2.55 bits per heavy atom. The van der Waals surface area contributed by atoms with Crippen molar-refractivity contribution in [3.05, 3.63) is 76.7 Å². The fourth-order valence-electron chi connectivity index (χ4n) is 4.06. The number of benzene rings is 2. The number of aromatic nitrogens is 4. The zero-order valence-corrected chi connectivity index (χ0v) is 18.3. The molecule has 2 aromatic carbocycles. The summed E-state index contributed by atoms with van der Waals surface area (Å²) in [6, 6.07) is 16.7. The maximum Gasteiger partial charge on any atom is 0.263 e. The first-order valence-electron chi connectivity index (χ1n) is 10.9. The van der Waals surface area contributed by atoms with Crippen LogP contribution in [0.5, 0.6) is 5.75 Å². The Hall–Kier alpha value is -4.14. The highest BCUT2D eigenvalue weighted by molar-refractivity contribution is 5.94. The lowest BCUT2D eigenvalue weighted by molar-refractivity contribution is 0.0767. The number of para-hydroxylation sites is 1. The van der Waals surface area contributed by atoms with Crippen LogP contribution in [-0.4, -0.2) is 63.8 Å². The average Bonchev–Trinajstić information content (AvgIpc) is 3.14. The molecule has 1 N–H and O–H groups in total. The minimum atomic E-state index is -0.229. The van der Waals surface area contributed by atoms with Crippen LogP contribution in [0.25, 0.3) is 16.7 Å². The first kappa shape index (κ1) is 20.7. The van der Waals surface area contributed by atoms with Gasteiger partial charge in [0.15, 0.2) is 5.65 Å². The standard InChI is InChI=1S/C24H24N6O3/c1-33-19-10-8-17(9-11-19)23(32)28-12-5-13-29(15-14-28)24-26-21-20(22(31)27-24)16-25-30(21)18-6-3-2-4-7-18/h2-4,6-11,16H,5,12-15H2,1H3,(H,26,27,31). The van der Waals surface area contributed by atoms with Crippen molar-refractivity contribution in [1.82, 2.24) is 24.6 Å². The molecular formula is C24H24N6O3. The van der Waals surface area contributed by atoms with E-state index in [0.717, 1.165) is 12.1 Å². The Balaban J connectivity index is 1.38. The van der Waals surface area contributed by atoms with Crippen molar-refractivity contribution in [3.63, 3.8) is 0 Å². The van der Waals surface area contributed by atoms with E-state index in [-0.39, 0.29) is 11.5 Å². The molecule has 2 aromatic heterocycles. The molecule has 4 aromatic rings. The van der Waals surface area contributed by atoms with Crippen LogP contribution in [0.2, 0.25) is 0 Å². The number of hydrogen-bond acceptors (Lipinski definition) is 6. The Morgan fingerprint density at radius 2 is 1.79 bits per heavy atom. The highest BCUT2D eigenvalue weighted by Crippen LogP contribution is 2.19. The molecule has 3 heterocycles. The van der Waals surface area contributed by atoms with Gasteiger partial charge in [-0.25, -0.2) is 4.68 Å². The van der Waals surface area contributed by atoms with E-state index in [9.17, 15) is 9.59 Å². The van der Waals surface area contributed by atoms with Crippen molar-refractivity contribution in [3.8, 4) is 11.4 Å². The average molecular weight is 444 g/mol. The molecule has 33 heavy (non-hydrogen) atoms. The molecule has 1 amide bonds. The van der Waals surface area contributed by atoms with Crippen molar-refractivity contribution in [2.75, 3.05) is 38.2 Å². The number of nitrogens with one attached hydrogen (secondary N) is 1. The molecule has 0 unspecified atom stereocenters. The number of aromatic amines is 1. The maximum atomic E-state index is 13.0. The quantitative estimate of drug-likeness (QED) is 0.520. The van der Waals surface area contributed by atoms with E-state index in [1.54, 1.807) is 36.1 Å². The lowest BCUT2D eigenvalue weighted by atomic mass is 10.2. The van der Waals surface area contributed by atoms with Gasteiger partial charge in [-0.05, 0) is 42.8 Å². The second-order valence-corrected chi connectivity index (χ2v) is 7.88. The first-order valence-corrected chi connectivity index (χ1v) is 10.9. The number of carbonyl (C=O) groups is 1. The third-order valence-corrected chi connectivity index (χ3v) is 5.85. The lowest BCUT2D eigenvalue weighted by Gasteiger charge is -2.22. The Bertz CT molecular complexity index is 1330. The van der Waals surface area contributed by atoms with Gasteiger partial charge < -0.3 is 14.5 Å². The number of H-pyrrole nitrogens is 1. The minimum Gasteiger partial charge on any atom is -0.497 e. The zero-order chi connectivity index (χ0) is 22.8. The van der Waals surface area contributed by atoms with Gasteiger partial charge in [0.1, 0.15) is 11.1 Å². The summed E-state index contributed by atoms with van der Waals surface area (Å²) in [7, 11) is 1.60. The van der Waals surface area contributed by atoms with E-state index in [1.807, 2.05) is 40.1 Å². The Morgan fingerprint density at radius 1 is 1.00 bits per heavy atom. The molecule has 0 spiro atoms. The second-order valence-electron chi connectivity index (χ2n) is 7.88. The molecule has 1 saturated heterocycles. The monoisotopic (exact) mass is 444 g/mol. The van der Waals surface area contributed by atoms with Crippen molar-refractivity contribution < 1.29 is 9.53 Å². The van der Waals surface area contributed by atoms with E-state index in [0.29, 0.717) is 54.5 Å². The summed E-state index contributed by atoms with van der Waals surface area (Å²) in [5.41, 5.74) is 1.75. The molecule has 0 saturated carbocycles. The van der Waals surface area contributed by atoms with Crippen molar-refractivity contribution in [2.45, 2.75) is 6.42 Å². The number of carbonyl (C=O) groups excluding carboxylic acids is 1. The topological polar surface area (TPSA) is 96.3 Å². The van der Waals surface area contributed by atoms with Gasteiger partial charge in [-0.3, -0.25) is 14.6 Å². The summed E-state index contributed by atoms with van der Waals surface area (Å²) >= 11 is 0. The lowest BCUT2D eigenvalue weighted by Crippen LogP contribution is -2.36. The highest BCUT2D eigenvalue weighted by atomic mass is 16.5. The largest absolute Gasteiger partial charge is 0.497 e. The molecule has 9 heteroatoms. The fraction of sp³-hybridized carbons (Fsp3) is 0.250. The van der Waals surface area contributed by atoms with Gasteiger partial charge in [-0.15, -0.1) is 0 Å². The van der Waals surface area contributed by atoms with Crippen molar-refractivity contribution in [1.29, 1.82) is 0 Å². The van der Waals surface area contributed by atoms with Crippen LogP contribution in [0.15, 0.2) is 65.6 Å². The van der Waals surface area contributed by atoms with Gasteiger partial charge in [0.05, 0.1) is 19.0 Å². The molecular weight excluding hydrogens is 420 g/mol. The fourth-order valence-corrected chi connectivity index (χ4v) is 4.06. The molecule has 9 nitrogen and oxygen atoms in total. The third kappa shape index (κ3) is 4.05. The molecule has 0 radical (unpaired) electrons. The second kappa shape index (κ2) is 8.78. The molecule has 0 aliphatic carbocycles. The summed E-state index contributed by atoms with van der Waals surface area (Å²) in [6.45, 7) is 2.41. The number of ether oxygens (including phenoxy) is 1. The van der Waals surface area contributed by atoms with Crippen LogP contribution < -0.4 is 15.2 Å². The number of rotatable bonds is 4. The zero-order valence-electron chi connectivity index (χ0n) is 18.3. The van der Waals surface area contributed by atoms with Crippen molar-refractivity contribution >= 4 is 22.9 Å². The summed E-state index contributed by atoms with van der Waals surface area (Å²) in [5.74, 6) is 1.19. The van der Waals surface area contributed by atoms with Gasteiger partial charge in [-0.2, -0.15) is 10.1 Å². The number of nitrogens with zero attached hydrogens (tertiary/aromatic N) is 5. The van der Waals surface area contributed by atoms with Gasteiger partial charge in [0, 0.05) is 31.7 Å².